The van der Waals surface area contributed by atoms with Gasteiger partial charge in [0.1, 0.15) is 11.6 Å². The first kappa shape index (κ1) is 40.1. The first-order chi connectivity index (χ1) is 28.1. The number of aromatic nitrogens is 4. The summed E-state index contributed by atoms with van der Waals surface area (Å²) in [7, 11) is 2.67. The van der Waals surface area contributed by atoms with Gasteiger partial charge in [-0.05, 0) is 105 Å². The van der Waals surface area contributed by atoms with Crippen molar-refractivity contribution < 1.29 is 28.7 Å². The zero-order valence-corrected chi connectivity index (χ0v) is 34.6. The summed E-state index contributed by atoms with van der Waals surface area (Å²) in [5.41, 5.74) is 3.07. The van der Waals surface area contributed by atoms with Crippen LogP contribution in [0, 0.1) is 0 Å². The molecule has 1 aromatic carbocycles. The molecule has 4 aliphatic heterocycles. The number of anilines is 6. The van der Waals surface area contributed by atoms with Gasteiger partial charge in [0.15, 0.2) is 23.0 Å². The normalized spacial score (nSPS) is 16.5. The number of pyridine rings is 4. The number of rotatable bonds is 5. The van der Waals surface area contributed by atoms with Gasteiger partial charge in [-0.3, -0.25) is 15.0 Å². The molecule has 298 valence electrons. The summed E-state index contributed by atoms with van der Waals surface area (Å²) in [6, 6.07) is 23.3. The third-order valence-electron chi connectivity index (χ3n) is 9.67. The van der Waals surface area contributed by atoms with Crippen LogP contribution in [-0.4, -0.2) is 96.3 Å². The Morgan fingerprint density at radius 2 is 1.31 bits per heavy atom. The number of methoxy groups -OCH3 is 2. The number of fused-ring (bicyclic) bond motifs is 8. The molecule has 8 heterocycles. The van der Waals surface area contributed by atoms with Crippen molar-refractivity contribution >= 4 is 90.4 Å². The molecule has 18 heteroatoms. The van der Waals surface area contributed by atoms with Crippen molar-refractivity contribution in [3.63, 3.8) is 0 Å². The smallest absolute Gasteiger partial charge is 0.356 e. The molecule has 2 fully saturated rings. The number of nitrogens with one attached hydrogen (secondary N) is 3. The lowest BCUT2D eigenvalue weighted by Crippen LogP contribution is -2.48. The molecule has 16 nitrogen and oxygen atoms in total. The number of carbonyl (C=O) groups excluding carboxylic acids is 4. The fourth-order valence-electron chi connectivity index (χ4n) is 6.86. The lowest BCUT2D eigenvalue weighted by Gasteiger charge is -2.35. The van der Waals surface area contributed by atoms with Crippen LogP contribution in [-0.2, 0) is 9.47 Å². The quantitative estimate of drug-likeness (QED) is 0.160. The Morgan fingerprint density at radius 1 is 0.707 bits per heavy atom. The highest BCUT2D eigenvalue weighted by atomic mass is 79.9. The van der Waals surface area contributed by atoms with Gasteiger partial charge in [-0.15, -0.1) is 0 Å². The zero-order chi connectivity index (χ0) is 40.8. The van der Waals surface area contributed by atoms with Gasteiger partial charge in [-0.1, -0.05) is 18.2 Å². The average molecular weight is 915 g/mol. The van der Waals surface area contributed by atoms with Crippen LogP contribution >= 0.6 is 31.9 Å². The maximum Gasteiger partial charge on any atom is 0.356 e. The highest BCUT2D eigenvalue weighted by molar-refractivity contribution is 9.10. The maximum atomic E-state index is 12.9. The van der Waals surface area contributed by atoms with Crippen LogP contribution in [0.3, 0.4) is 0 Å². The SMILES string of the molecule is COC(=O)c1ccc2c(n1)N(C(=O)Nc1ccc(Br)cn1)[C@H]1CCN2C1.COC(=O)c1ccc2c(n1)N[C@H]1CCN2C1.O=C(Nc1ccc(Br)cn1)c1ccccc1. The maximum absolute atomic E-state index is 12.9. The number of benzene rings is 1. The van der Waals surface area contributed by atoms with E-state index in [9.17, 15) is 19.2 Å². The van der Waals surface area contributed by atoms with Crippen molar-refractivity contribution in [3.8, 4) is 0 Å². The first-order valence-corrected chi connectivity index (χ1v) is 19.8. The Bertz CT molecular complexity index is 2300. The van der Waals surface area contributed by atoms with Crippen molar-refractivity contribution in [2.75, 3.05) is 71.0 Å². The number of hydrogen-bond donors (Lipinski definition) is 3. The zero-order valence-electron chi connectivity index (χ0n) is 31.4. The largest absolute Gasteiger partial charge is 0.464 e. The van der Waals surface area contributed by atoms with Crippen molar-refractivity contribution in [3.05, 3.63) is 117 Å². The van der Waals surface area contributed by atoms with E-state index in [1.807, 2.05) is 36.4 Å². The molecule has 0 spiro atoms. The number of ether oxygens (including phenoxy) is 2. The number of esters is 2. The molecule has 3 amide bonds. The molecule has 9 rings (SSSR count). The molecule has 0 unspecified atom stereocenters. The number of amides is 3. The summed E-state index contributed by atoms with van der Waals surface area (Å²) in [5, 5.41) is 8.87. The number of urea groups is 1. The summed E-state index contributed by atoms with van der Waals surface area (Å²) in [6.07, 6.45) is 5.22. The van der Waals surface area contributed by atoms with Crippen LogP contribution in [0.2, 0.25) is 0 Å². The molecule has 4 aliphatic rings. The summed E-state index contributed by atoms with van der Waals surface area (Å²) < 4.78 is 11.1. The minimum atomic E-state index is -0.532. The van der Waals surface area contributed by atoms with Crippen molar-refractivity contribution in [2.24, 2.45) is 0 Å². The van der Waals surface area contributed by atoms with Gasteiger partial charge in [0, 0.05) is 59.1 Å². The number of halogens is 2. The lowest BCUT2D eigenvalue weighted by molar-refractivity contribution is 0.0585. The molecule has 2 atom stereocenters. The van der Waals surface area contributed by atoms with E-state index in [0.717, 1.165) is 65.2 Å². The molecule has 0 saturated carbocycles. The fourth-order valence-corrected chi connectivity index (χ4v) is 7.33. The van der Waals surface area contributed by atoms with Gasteiger partial charge in [-0.25, -0.2) is 34.3 Å². The first-order valence-electron chi connectivity index (χ1n) is 18.2. The van der Waals surface area contributed by atoms with Crippen LogP contribution in [0.1, 0.15) is 44.2 Å². The van der Waals surface area contributed by atoms with Crippen LogP contribution in [0.15, 0.2) is 100 Å². The van der Waals surface area contributed by atoms with Gasteiger partial charge in [-0.2, -0.15) is 0 Å². The topological polar surface area (TPSA) is 184 Å². The highest BCUT2D eigenvalue weighted by Crippen LogP contribution is 2.39. The Morgan fingerprint density at radius 3 is 1.95 bits per heavy atom. The molecule has 58 heavy (non-hydrogen) atoms. The van der Waals surface area contributed by atoms with Crippen LogP contribution in [0.4, 0.5) is 39.4 Å². The van der Waals surface area contributed by atoms with Crippen molar-refractivity contribution in [1.29, 1.82) is 0 Å². The minimum Gasteiger partial charge on any atom is -0.464 e. The van der Waals surface area contributed by atoms with Crippen LogP contribution < -0.4 is 30.7 Å². The second-order valence-corrected chi connectivity index (χ2v) is 15.2. The molecular formula is C40H38Br2N10O6. The molecule has 3 N–H and O–H groups in total. The molecule has 0 radical (unpaired) electrons. The molecule has 2 saturated heterocycles. The minimum absolute atomic E-state index is 0.00153. The summed E-state index contributed by atoms with van der Waals surface area (Å²) in [5.74, 6) is 1.18. The standard InChI is InChI=1S/C17H16BrN5O3.C12H9BrN2O.C11H13N3O2/c1-26-16(24)12-3-4-13-15(20-12)23(11-6-7-22(13)9-11)17(25)21-14-5-2-10(18)8-19-14;13-10-6-7-11(14-8-10)15-12(16)9-4-2-1-3-5-9;1-16-11(15)8-2-3-9-10(13-8)12-7-4-5-14(9)6-7/h2-5,8,11H,6-7,9H2,1H3,(H,19,21,25);1-8H,(H,14,15,16);2-3,7H,4-6H2,1H3,(H,12,13)/t11-;;7-/m0.0/s1. The van der Waals surface area contributed by atoms with Gasteiger partial charge in [0.25, 0.3) is 5.91 Å². The second-order valence-electron chi connectivity index (χ2n) is 13.4. The number of hydrogen-bond acceptors (Lipinski definition) is 13. The Balaban J connectivity index is 0.000000139. The van der Waals surface area contributed by atoms with E-state index in [-0.39, 0.29) is 23.7 Å². The average Bonchev–Trinajstić information content (AvgIpc) is 3.86. The summed E-state index contributed by atoms with van der Waals surface area (Å²) in [6.45, 7) is 3.68. The van der Waals surface area contributed by atoms with Gasteiger partial charge >= 0.3 is 18.0 Å². The van der Waals surface area contributed by atoms with Crippen LogP contribution in [0.5, 0.6) is 0 Å². The third kappa shape index (κ3) is 9.18. The predicted octanol–water partition coefficient (Wildman–Crippen LogP) is 6.63. The van der Waals surface area contributed by atoms with Gasteiger partial charge in [0.2, 0.25) is 0 Å². The monoisotopic (exact) mass is 912 g/mol. The van der Waals surface area contributed by atoms with E-state index < -0.39 is 11.9 Å². The van der Waals surface area contributed by atoms with Gasteiger partial charge < -0.3 is 29.9 Å². The van der Waals surface area contributed by atoms with E-state index in [0.29, 0.717) is 34.8 Å². The van der Waals surface area contributed by atoms with E-state index >= 15 is 0 Å². The molecule has 5 aromatic rings. The molecule has 0 aliphatic carbocycles. The fraction of sp³-hybridized carbons (Fsp3) is 0.250. The molecule has 4 aromatic heterocycles. The summed E-state index contributed by atoms with van der Waals surface area (Å²) in [4.78, 5) is 70.9. The predicted molar refractivity (Wildman–Crippen MR) is 226 cm³/mol. The number of nitrogens with zero attached hydrogens (tertiary/aromatic N) is 7. The third-order valence-corrected chi connectivity index (χ3v) is 10.6. The Kier molecular flexibility index (Phi) is 12.4. The van der Waals surface area contributed by atoms with Crippen molar-refractivity contribution in [1.82, 2.24) is 19.9 Å². The molecular weight excluding hydrogens is 876 g/mol. The summed E-state index contributed by atoms with van der Waals surface area (Å²) >= 11 is 6.60. The number of carbonyl (C=O) groups is 4. The Labute approximate surface area is 350 Å². The van der Waals surface area contributed by atoms with E-state index in [4.69, 9.17) is 4.74 Å². The van der Waals surface area contributed by atoms with E-state index in [1.54, 1.807) is 59.8 Å². The highest BCUT2D eigenvalue weighted by Gasteiger charge is 2.40. The van der Waals surface area contributed by atoms with Crippen LogP contribution in [0.25, 0.3) is 0 Å². The van der Waals surface area contributed by atoms with E-state index in [2.05, 4.69) is 82.3 Å². The van der Waals surface area contributed by atoms with E-state index in [1.165, 1.54) is 14.2 Å². The van der Waals surface area contributed by atoms with Gasteiger partial charge in [0.05, 0.1) is 31.6 Å². The van der Waals surface area contributed by atoms with Crippen molar-refractivity contribution in [2.45, 2.75) is 24.9 Å². The second kappa shape index (κ2) is 18.0. The lowest BCUT2D eigenvalue weighted by atomic mass is 10.2. The molecule has 4 bridgehead atoms. The Hall–Kier alpha value is -6.14.